The lowest BCUT2D eigenvalue weighted by Crippen LogP contribution is -2.13. The highest BCUT2D eigenvalue weighted by Gasteiger charge is 2.19. The fourth-order valence-electron chi connectivity index (χ4n) is 2.03. The zero-order valence-corrected chi connectivity index (χ0v) is 14.9. The van der Waals surface area contributed by atoms with Gasteiger partial charge in [-0.3, -0.25) is 0 Å². The molecule has 2 rings (SSSR count). The largest absolute Gasteiger partial charge is 0.466 e. The summed E-state index contributed by atoms with van der Waals surface area (Å²) in [6.07, 6.45) is 0.900. The second-order valence-electron chi connectivity index (χ2n) is 4.72. The van der Waals surface area contributed by atoms with E-state index in [9.17, 15) is 9.59 Å². The van der Waals surface area contributed by atoms with Crippen molar-refractivity contribution in [3.8, 4) is 16.9 Å². The van der Waals surface area contributed by atoms with Gasteiger partial charge in [0.15, 0.2) is 0 Å². The number of benzene rings is 2. The number of esters is 2. The molecule has 0 atom stereocenters. The van der Waals surface area contributed by atoms with Crippen LogP contribution in [0.2, 0.25) is 10.0 Å². The van der Waals surface area contributed by atoms with Gasteiger partial charge in [-0.2, -0.15) is 0 Å². The van der Waals surface area contributed by atoms with Crippen molar-refractivity contribution >= 4 is 35.1 Å². The number of hydrogen-bond donors (Lipinski definition) is 0. The van der Waals surface area contributed by atoms with E-state index in [0.717, 1.165) is 6.08 Å². The number of methoxy groups -OCH3 is 2. The maximum absolute atomic E-state index is 11.9. The Hall–Kier alpha value is -2.50. The molecule has 0 fully saturated rings. The Bertz CT molecular complexity index is 810. The van der Waals surface area contributed by atoms with Crippen molar-refractivity contribution in [3.63, 3.8) is 0 Å². The van der Waals surface area contributed by atoms with Crippen molar-refractivity contribution in [2.24, 2.45) is 0 Å². The monoisotopic (exact) mass is 380 g/mol. The lowest BCUT2D eigenvalue weighted by Gasteiger charge is -2.14. The van der Waals surface area contributed by atoms with Crippen LogP contribution in [0.5, 0.6) is 5.75 Å². The number of hydrogen-bond acceptors (Lipinski definition) is 5. The van der Waals surface area contributed by atoms with Crippen molar-refractivity contribution in [2.75, 3.05) is 14.2 Å². The minimum atomic E-state index is -0.828. The van der Waals surface area contributed by atoms with E-state index >= 15 is 0 Å². The molecule has 7 heteroatoms. The first kappa shape index (κ1) is 18.8. The zero-order valence-electron chi connectivity index (χ0n) is 13.4. The second kappa shape index (κ2) is 8.55. The molecule has 2 aromatic rings. The SMILES string of the molecule is COC(=O)C=C(Oc1ccccc1-c1c(Cl)cccc1Cl)C(=O)OC. The molecule has 0 aromatic heterocycles. The van der Waals surface area contributed by atoms with E-state index in [4.69, 9.17) is 27.9 Å². The van der Waals surface area contributed by atoms with Gasteiger partial charge in [0, 0.05) is 11.1 Å². The van der Waals surface area contributed by atoms with Gasteiger partial charge in [0.25, 0.3) is 0 Å². The predicted molar refractivity (Wildman–Crippen MR) is 94.6 cm³/mol. The molecule has 0 aliphatic rings. The summed E-state index contributed by atoms with van der Waals surface area (Å²) < 4.78 is 14.8. The van der Waals surface area contributed by atoms with Crippen LogP contribution < -0.4 is 4.74 Å². The van der Waals surface area contributed by atoms with Gasteiger partial charge in [0.1, 0.15) is 5.75 Å². The molecule has 0 aliphatic carbocycles. The molecule has 0 saturated carbocycles. The molecule has 2 aromatic carbocycles. The van der Waals surface area contributed by atoms with Crippen molar-refractivity contribution in [1.29, 1.82) is 0 Å². The van der Waals surface area contributed by atoms with Crippen molar-refractivity contribution < 1.29 is 23.8 Å². The third kappa shape index (κ3) is 4.53. The summed E-state index contributed by atoms with van der Waals surface area (Å²) in [6.45, 7) is 0. The first-order valence-corrected chi connectivity index (χ1v) is 7.82. The summed E-state index contributed by atoms with van der Waals surface area (Å²) in [4.78, 5) is 23.3. The van der Waals surface area contributed by atoms with Gasteiger partial charge in [-0.1, -0.05) is 47.5 Å². The molecule has 0 N–H and O–H groups in total. The smallest absolute Gasteiger partial charge is 0.374 e. The summed E-state index contributed by atoms with van der Waals surface area (Å²) in [6, 6.07) is 11.9. The molecule has 25 heavy (non-hydrogen) atoms. The zero-order chi connectivity index (χ0) is 18.4. The van der Waals surface area contributed by atoms with Crippen LogP contribution in [0.25, 0.3) is 11.1 Å². The lowest BCUT2D eigenvalue weighted by atomic mass is 10.0. The van der Waals surface area contributed by atoms with Crippen LogP contribution in [-0.2, 0) is 19.1 Å². The van der Waals surface area contributed by atoms with Gasteiger partial charge < -0.3 is 14.2 Å². The summed E-state index contributed by atoms with van der Waals surface area (Å²) in [7, 11) is 2.36. The van der Waals surface area contributed by atoms with Gasteiger partial charge in [-0.05, 0) is 18.2 Å². The summed E-state index contributed by atoms with van der Waals surface area (Å²) >= 11 is 12.5. The molecule has 0 amide bonds. The van der Waals surface area contributed by atoms with Crippen LogP contribution in [-0.4, -0.2) is 26.2 Å². The number of rotatable bonds is 5. The van der Waals surface area contributed by atoms with Gasteiger partial charge >= 0.3 is 11.9 Å². The molecule has 0 bridgehead atoms. The number of carbonyl (C=O) groups excluding carboxylic acids is 2. The molecular weight excluding hydrogens is 367 g/mol. The van der Waals surface area contributed by atoms with Crippen LogP contribution in [0.15, 0.2) is 54.3 Å². The maximum Gasteiger partial charge on any atom is 0.374 e. The molecule has 130 valence electrons. The number of halogens is 2. The van der Waals surface area contributed by atoms with Crippen LogP contribution in [0.4, 0.5) is 0 Å². The fourth-order valence-corrected chi connectivity index (χ4v) is 2.63. The number of carbonyl (C=O) groups is 2. The Morgan fingerprint density at radius 2 is 1.56 bits per heavy atom. The normalized spacial score (nSPS) is 11.0. The maximum atomic E-state index is 11.9. The minimum absolute atomic E-state index is 0.276. The van der Waals surface area contributed by atoms with E-state index in [1.165, 1.54) is 14.2 Å². The Morgan fingerprint density at radius 1 is 0.920 bits per heavy atom. The standard InChI is InChI=1S/C18H14Cl2O5/c1-23-16(21)10-15(18(22)24-2)25-14-9-4-3-6-11(14)17-12(19)7-5-8-13(17)20/h3-10H,1-2H3. The Balaban J connectivity index is 2.52. The van der Waals surface area contributed by atoms with Crippen LogP contribution in [0.1, 0.15) is 0 Å². The molecule has 0 unspecified atom stereocenters. The Labute approximate surface area is 154 Å². The van der Waals surface area contributed by atoms with E-state index in [0.29, 0.717) is 21.2 Å². The van der Waals surface area contributed by atoms with E-state index < -0.39 is 11.9 Å². The van der Waals surface area contributed by atoms with Crippen molar-refractivity contribution in [1.82, 2.24) is 0 Å². The summed E-state index contributed by atoms with van der Waals surface area (Å²) in [5.41, 5.74) is 1.10. The van der Waals surface area contributed by atoms with E-state index in [1.54, 1.807) is 42.5 Å². The molecule has 0 aliphatic heterocycles. The van der Waals surface area contributed by atoms with E-state index in [-0.39, 0.29) is 11.5 Å². The van der Waals surface area contributed by atoms with Gasteiger partial charge in [-0.25, -0.2) is 9.59 Å². The quantitative estimate of drug-likeness (QED) is 0.440. The lowest BCUT2D eigenvalue weighted by molar-refractivity contribution is -0.140. The first-order valence-electron chi connectivity index (χ1n) is 7.07. The number of para-hydroxylation sites is 1. The minimum Gasteiger partial charge on any atom is -0.466 e. The average molecular weight is 381 g/mol. The van der Waals surface area contributed by atoms with Gasteiger partial charge in [-0.15, -0.1) is 0 Å². The average Bonchev–Trinajstić information content (AvgIpc) is 2.61. The Morgan fingerprint density at radius 3 is 2.16 bits per heavy atom. The summed E-state index contributed by atoms with van der Waals surface area (Å²) in [5, 5.41) is 0.834. The molecule has 0 spiro atoms. The van der Waals surface area contributed by atoms with Gasteiger partial charge in [0.2, 0.25) is 5.76 Å². The van der Waals surface area contributed by atoms with Crippen LogP contribution in [0.3, 0.4) is 0 Å². The molecule has 0 radical (unpaired) electrons. The number of ether oxygens (including phenoxy) is 3. The predicted octanol–water partition coefficient (Wildman–Crippen LogP) is 4.27. The molecular formula is C18H14Cl2O5. The highest BCUT2D eigenvalue weighted by atomic mass is 35.5. The molecule has 0 heterocycles. The van der Waals surface area contributed by atoms with Crippen molar-refractivity contribution in [3.05, 3.63) is 64.3 Å². The van der Waals surface area contributed by atoms with Crippen molar-refractivity contribution in [2.45, 2.75) is 0 Å². The van der Waals surface area contributed by atoms with E-state index in [1.807, 2.05) is 0 Å². The highest BCUT2D eigenvalue weighted by Crippen LogP contribution is 2.40. The first-order chi connectivity index (χ1) is 12.0. The van der Waals surface area contributed by atoms with Crippen LogP contribution >= 0.6 is 23.2 Å². The molecule has 5 nitrogen and oxygen atoms in total. The highest BCUT2D eigenvalue weighted by molar-refractivity contribution is 6.39. The van der Waals surface area contributed by atoms with E-state index in [2.05, 4.69) is 9.47 Å². The molecule has 0 saturated heterocycles. The Kier molecular flexibility index (Phi) is 6.44. The van der Waals surface area contributed by atoms with Crippen LogP contribution in [0, 0.1) is 0 Å². The van der Waals surface area contributed by atoms with Gasteiger partial charge in [0.05, 0.1) is 30.3 Å². The topological polar surface area (TPSA) is 61.8 Å². The third-order valence-corrected chi connectivity index (χ3v) is 3.81. The third-order valence-electron chi connectivity index (χ3n) is 3.18. The summed E-state index contributed by atoms with van der Waals surface area (Å²) in [5.74, 6) is -1.64. The fraction of sp³-hybridized carbons (Fsp3) is 0.111. The second-order valence-corrected chi connectivity index (χ2v) is 5.53.